The minimum absolute atomic E-state index is 0.592. The van der Waals surface area contributed by atoms with E-state index in [2.05, 4.69) is 23.5 Å². The molecule has 0 aliphatic rings. The molecule has 0 radical (unpaired) electrons. The van der Waals surface area contributed by atoms with Gasteiger partial charge in [0.25, 0.3) is 0 Å². The normalized spacial score (nSPS) is 11.3. The zero-order valence-corrected chi connectivity index (χ0v) is 18.6. The van der Waals surface area contributed by atoms with Gasteiger partial charge in [0.05, 0.1) is 26.7 Å². The molecule has 0 aliphatic carbocycles. The van der Waals surface area contributed by atoms with E-state index in [0.29, 0.717) is 17.3 Å². The lowest BCUT2D eigenvalue weighted by molar-refractivity contribution is 0.355. The minimum atomic E-state index is 0.592. The summed E-state index contributed by atoms with van der Waals surface area (Å²) in [5, 5.41) is 5.63. The van der Waals surface area contributed by atoms with Crippen molar-refractivity contribution in [2.24, 2.45) is 0 Å². The Morgan fingerprint density at radius 2 is 1.56 bits per heavy atom. The highest BCUT2D eigenvalue weighted by Gasteiger charge is 2.20. The summed E-state index contributed by atoms with van der Waals surface area (Å²) >= 11 is 0. The SMILES string of the molecule is COc1ccc(-n2c(C)c(C)c3c2ncn2nc(-c4ccc(OC)c(OC)c4)nc32)cc1. The molecular weight excluding hydrogens is 406 g/mol. The van der Waals surface area contributed by atoms with Gasteiger partial charge in [0.15, 0.2) is 28.6 Å². The third kappa shape index (κ3) is 2.95. The highest BCUT2D eigenvalue weighted by molar-refractivity contribution is 5.95. The van der Waals surface area contributed by atoms with Gasteiger partial charge >= 0.3 is 0 Å². The first-order valence-corrected chi connectivity index (χ1v) is 10.2. The molecule has 0 atom stereocenters. The lowest BCUT2D eigenvalue weighted by Gasteiger charge is -2.08. The second-order valence-electron chi connectivity index (χ2n) is 7.46. The molecule has 5 rings (SSSR count). The number of hydrogen-bond donors (Lipinski definition) is 0. The van der Waals surface area contributed by atoms with E-state index in [9.17, 15) is 0 Å². The van der Waals surface area contributed by atoms with Crippen molar-refractivity contribution >= 4 is 16.7 Å². The van der Waals surface area contributed by atoms with Crippen molar-refractivity contribution in [3.8, 4) is 34.3 Å². The van der Waals surface area contributed by atoms with Crippen molar-refractivity contribution < 1.29 is 14.2 Å². The van der Waals surface area contributed by atoms with Crippen molar-refractivity contribution in [2.45, 2.75) is 13.8 Å². The molecule has 8 nitrogen and oxygen atoms in total. The average Bonchev–Trinajstić information content (AvgIpc) is 3.37. The summed E-state index contributed by atoms with van der Waals surface area (Å²) in [5.41, 5.74) is 5.65. The molecule has 0 fully saturated rings. The van der Waals surface area contributed by atoms with Crippen LogP contribution in [-0.2, 0) is 0 Å². The average molecular weight is 429 g/mol. The van der Waals surface area contributed by atoms with E-state index in [0.717, 1.165) is 44.9 Å². The van der Waals surface area contributed by atoms with Gasteiger partial charge in [-0.1, -0.05) is 0 Å². The molecule has 0 saturated carbocycles. The first-order chi connectivity index (χ1) is 15.5. The highest BCUT2D eigenvalue weighted by atomic mass is 16.5. The maximum absolute atomic E-state index is 5.43. The summed E-state index contributed by atoms with van der Waals surface area (Å²) in [6.07, 6.45) is 1.70. The van der Waals surface area contributed by atoms with E-state index >= 15 is 0 Å². The van der Waals surface area contributed by atoms with Gasteiger partial charge in [-0.2, -0.15) is 0 Å². The fourth-order valence-corrected chi connectivity index (χ4v) is 4.01. The fourth-order valence-electron chi connectivity index (χ4n) is 4.01. The second-order valence-corrected chi connectivity index (χ2v) is 7.46. The van der Waals surface area contributed by atoms with E-state index in [1.54, 1.807) is 32.2 Å². The minimum Gasteiger partial charge on any atom is -0.497 e. The Hall–Kier alpha value is -4.07. The van der Waals surface area contributed by atoms with Crippen LogP contribution in [-0.4, -0.2) is 45.5 Å². The predicted molar refractivity (Wildman–Crippen MR) is 122 cm³/mol. The fraction of sp³-hybridized carbons (Fsp3) is 0.208. The van der Waals surface area contributed by atoms with Crippen molar-refractivity contribution in [1.29, 1.82) is 0 Å². The highest BCUT2D eigenvalue weighted by Crippen LogP contribution is 2.33. The van der Waals surface area contributed by atoms with Crippen LogP contribution in [0.5, 0.6) is 17.2 Å². The number of nitrogens with zero attached hydrogens (tertiary/aromatic N) is 5. The molecule has 5 aromatic rings. The Morgan fingerprint density at radius 3 is 2.25 bits per heavy atom. The quantitative estimate of drug-likeness (QED) is 0.413. The monoisotopic (exact) mass is 429 g/mol. The lowest BCUT2D eigenvalue weighted by Crippen LogP contribution is -1.99. The zero-order valence-electron chi connectivity index (χ0n) is 18.6. The van der Waals surface area contributed by atoms with Gasteiger partial charge in [-0.05, 0) is 61.9 Å². The van der Waals surface area contributed by atoms with E-state index in [-0.39, 0.29) is 0 Å². The molecule has 0 saturated heterocycles. The maximum atomic E-state index is 5.43. The third-order valence-corrected chi connectivity index (χ3v) is 5.81. The lowest BCUT2D eigenvalue weighted by atomic mass is 10.2. The first-order valence-electron chi connectivity index (χ1n) is 10.2. The van der Waals surface area contributed by atoms with Crippen molar-refractivity contribution in [3.05, 3.63) is 60.0 Å². The molecular formula is C24H23N5O3. The van der Waals surface area contributed by atoms with Gasteiger partial charge in [-0.25, -0.2) is 14.5 Å². The molecule has 0 aliphatic heterocycles. The van der Waals surface area contributed by atoms with Gasteiger partial charge < -0.3 is 14.2 Å². The number of rotatable bonds is 5. The summed E-state index contributed by atoms with van der Waals surface area (Å²) in [6, 6.07) is 13.6. The van der Waals surface area contributed by atoms with Crippen LogP contribution in [0, 0.1) is 13.8 Å². The number of hydrogen-bond acceptors (Lipinski definition) is 6. The first kappa shape index (κ1) is 19.9. The number of ether oxygens (including phenoxy) is 3. The van der Waals surface area contributed by atoms with Crippen molar-refractivity contribution in [3.63, 3.8) is 0 Å². The van der Waals surface area contributed by atoms with E-state index in [1.165, 1.54) is 0 Å². The van der Waals surface area contributed by atoms with Gasteiger partial charge in [0.2, 0.25) is 0 Å². The van der Waals surface area contributed by atoms with E-state index < -0.39 is 0 Å². The molecule has 32 heavy (non-hydrogen) atoms. The van der Waals surface area contributed by atoms with Crippen LogP contribution in [0.4, 0.5) is 0 Å². The molecule has 3 aromatic heterocycles. The maximum Gasteiger partial charge on any atom is 0.182 e. The molecule has 8 heteroatoms. The Kier molecular flexibility index (Phi) is 4.70. The summed E-state index contributed by atoms with van der Waals surface area (Å²) in [6.45, 7) is 4.17. The largest absolute Gasteiger partial charge is 0.497 e. The topological polar surface area (TPSA) is 75.7 Å². The van der Waals surface area contributed by atoms with Crippen molar-refractivity contribution in [2.75, 3.05) is 21.3 Å². The Morgan fingerprint density at radius 1 is 0.812 bits per heavy atom. The number of aromatic nitrogens is 5. The van der Waals surface area contributed by atoms with Gasteiger partial charge in [-0.3, -0.25) is 4.57 Å². The molecule has 0 N–H and O–H groups in total. The summed E-state index contributed by atoms with van der Waals surface area (Å²) in [5.74, 6) is 2.69. The van der Waals surface area contributed by atoms with Crippen LogP contribution in [0.25, 0.3) is 33.8 Å². The van der Waals surface area contributed by atoms with Crippen LogP contribution in [0.15, 0.2) is 48.8 Å². The van der Waals surface area contributed by atoms with Crippen molar-refractivity contribution in [1.82, 2.24) is 24.1 Å². The molecule has 162 valence electrons. The summed E-state index contributed by atoms with van der Waals surface area (Å²) in [4.78, 5) is 9.59. The molecule has 0 bridgehead atoms. The van der Waals surface area contributed by atoms with Crippen LogP contribution in [0.2, 0.25) is 0 Å². The van der Waals surface area contributed by atoms with E-state index in [4.69, 9.17) is 24.2 Å². The second kappa shape index (κ2) is 7.56. The van der Waals surface area contributed by atoms with Crippen LogP contribution in [0.1, 0.15) is 11.3 Å². The Balaban J connectivity index is 1.70. The number of fused-ring (bicyclic) bond motifs is 3. The molecule has 2 aromatic carbocycles. The zero-order chi connectivity index (χ0) is 22.4. The van der Waals surface area contributed by atoms with Crippen LogP contribution in [0.3, 0.4) is 0 Å². The smallest absolute Gasteiger partial charge is 0.182 e. The number of benzene rings is 2. The third-order valence-electron chi connectivity index (χ3n) is 5.81. The molecule has 0 unspecified atom stereocenters. The van der Waals surface area contributed by atoms with E-state index in [1.807, 2.05) is 42.5 Å². The predicted octanol–water partition coefficient (Wildman–Crippen LogP) is 4.38. The van der Waals surface area contributed by atoms with Gasteiger partial charge in [0, 0.05) is 16.9 Å². The van der Waals surface area contributed by atoms with Gasteiger partial charge in [0.1, 0.15) is 12.1 Å². The molecule has 3 heterocycles. The van der Waals surface area contributed by atoms with Gasteiger partial charge in [-0.15, -0.1) is 5.10 Å². The summed E-state index contributed by atoms with van der Waals surface area (Å²) < 4.78 is 19.9. The van der Waals surface area contributed by atoms with Crippen LogP contribution < -0.4 is 14.2 Å². The number of methoxy groups -OCH3 is 3. The standard InChI is InChI=1S/C24H23N5O3/c1-14-15(2)29(17-7-9-18(30-3)10-8-17)23-21(14)24-26-22(27-28(24)13-25-23)16-6-11-19(31-4)20(12-16)32-5/h6-13H,1-5H3. The Labute approximate surface area is 185 Å². The Bertz CT molecular complexity index is 1450. The van der Waals surface area contributed by atoms with Crippen LogP contribution >= 0.6 is 0 Å². The number of aryl methyl sites for hydroxylation is 1. The molecule has 0 spiro atoms. The molecule has 0 amide bonds. The summed E-state index contributed by atoms with van der Waals surface area (Å²) in [7, 11) is 4.89.